The molecule has 1 heterocycles. The highest BCUT2D eigenvalue weighted by Gasteiger charge is 2.16. The third-order valence-corrected chi connectivity index (χ3v) is 4.13. The van der Waals surface area contributed by atoms with Crippen LogP contribution < -0.4 is 14.8 Å². The van der Waals surface area contributed by atoms with Crippen LogP contribution in [0.3, 0.4) is 0 Å². The molecule has 0 aliphatic heterocycles. The summed E-state index contributed by atoms with van der Waals surface area (Å²) >= 11 is 6.25. The zero-order valence-electron chi connectivity index (χ0n) is 14.5. The van der Waals surface area contributed by atoms with E-state index in [1.807, 2.05) is 37.6 Å². The van der Waals surface area contributed by atoms with Gasteiger partial charge in [-0.05, 0) is 37.6 Å². The lowest BCUT2D eigenvalue weighted by Gasteiger charge is -2.14. The molecule has 0 aliphatic rings. The molecule has 0 saturated heterocycles. The molecule has 5 nitrogen and oxygen atoms in total. The van der Waals surface area contributed by atoms with Gasteiger partial charge in [-0.2, -0.15) is 0 Å². The Kier molecular flexibility index (Phi) is 6.15. The average molecular weight is 351 g/mol. The number of benzene rings is 1. The van der Waals surface area contributed by atoms with Crippen molar-refractivity contribution in [1.29, 1.82) is 0 Å². The molecular formula is C18H23ClN2O3. The molecule has 0 saturated carbocycles. The number of carbonyl (C=O) groups excluding carboxylic acids is 1. The fraction of sp³-hybridized carbons (Fsp3) is 0.389. The molecule has 6 heteroatoms. The lowest BCUT2D eigenvalue weighted by Crippen LogP contribution is -2.24. The molecule has 2 rings (SSSR count). The SMILES string of the molecule is CCCOc1c(Cl)cc(C(=O)NCc2ccc(C)n2C)cc1OC. The topological polar surface area (TPSA) is 52.5 Å². The van der Waals surface area contributed by atoms with E-state index in [2.05, 4.69) is 5.32 Å². The third kappa shape index (κ3) is 4.03. The number of carbonyl (C=O) groups is 1. The molecule has 1 aromatic heterocycles. The molecule has 24 heavy (non-hydrogen) atoms. The molecule has 0 unspecified atom stereocenters. The first-order valence-electron chi connectivity index (χ1n) is 7.87. The highest BCUT2D eigenvalue weighted by molar-refractivity contribution is 6.32. The van der Waals surface area contributed by atoms with Crippen molar-refractivity contribution in [3.8, 4) is 11.5 Å². The summed E-state index contributed by atoms with van der Waals surface area (Å²) in [7, 11) is 3.50. The Morgan fingerprint density at radius 2 is 2.08 bits per heavy atom. The smallest absolute Gasteiger partial charge is 0.251 e. The largest absolute Gasteiger partial charge is 0.493 e. The predicted molar refractivity (Wildman–Crippen MR) is 95.1 cm³/mol. The van der Waals surface area contributed by atoms with Gasteiger partial charge < -0.3 is 19.4 Å². The minimum absolute atomic E-state index is 0.212. The molecule has 2 aromatic rings. The van der Waals surface area contributed by atoms with Crippen LogP contribution in [0.25, 0.3) is 0 Å². The molecule has 0 radical (unpaired) electrons. The zero-order valence-corrected chi connectivity index (χ0v) is 15.2. The van der Waals surface area contributed by atoms with Gasteiger partial charge in [-0.25, -0.2) is 0 Å². The van der Waals surface area contributed by atoms with Gasteiger partial charge in [0.1, 0.15) is 0 Å². The number of aryl methyl sites for hydroxylation is 1. The van der Waals surface area contributed by atoms with E-state index in [0.29, 0.717) is 35.2 Å². The summed E-state index contributed by atoms with van der Waals surface area (Å²) in [5, 5.41) is 3.26. The van der Waals surface area contributed by atoms with Crippen molar-refractivity contribution in [3.05, 3.63) is 46.2 Å². The van der Waals surface area contributed by atoms with E-state index in [9.17, 15) is 4.79 Å². The van der Waals surface area contributed by atoms with Crippen molar-refractivity contribution < 1.29 is 14.3 Å². The van der Waals surface area contributed by atoms with Crippen molar-refractivity contribution >= 4 is 17.5 Å². The van der Waals surface area contributed by atoms with E-state index >= 15 is 0 Å². The van der Waals surface area contributed by atoms with Gasteiger partial charge >= 0.3 is 0 Å². The number of hydrogen-bond acceptors (Lipinski definition) is 3. The second kappa shape index (κ2) is 8.11. The number of nitrogens with zero attached hydrogens (tertiary/aromatic N) is 1. The van der Waals surface area contributed by atoms with E-state index < -0.39 is 0 Å². The Labute approximate surface area is 147 Å². The minimum atomic E-state index is -0.212. The van der Waals surface area contributed by atoms with Gasteiger partial charge in [-0.15, -0.1) is 0 Å². The van der Waals surface area contributed by atoms with Crippen LogP contribution in [0.4, 0.5) is 0 Å². The van der Waals surface area contributed by atoms with Crippen molar-refractivity contribution in [1.82, 2.24) is 9.88 Å². The fourth-order valence-corrected chi connectivity index (χ4v) is 2.58. The summed E-state index contributed by atoms with van der Waals surface area (Å²) in [6.45, 7) is 5.00. The Morgan fingerprint density at radius 1 is 1.33 bits per heavy atom. The zero-order chi connectivity index (χ0) is 17.7. The van der Waals surface area contributed by atoms with Crippen LogP contribution in [-0.4, -0.2) is 24.2 Å². The van der Waals surface area contributed by atoms with Gasteiger partial charge in [-0.3, -0.25) is 4.79 Å². The number of aromatic nitrogens is 1. The molecule has 0 aliphatic carbocycles. The Hall–Kier alpha value is -2.14. The minimum Gasteiger partial charge on any atom is -0.493 e. The quantitative estimate of drug-likeness (QED) is 0.828. The molecule has 0 bridgehead atoms. The van der Waals surface area contributed by atoms with E-state index in [0.717, 1.165) is 17.8 Å². The van der Waals surface area contributed by atoms with E-state index in [1.165, 1.54) is 7.11 Å². The van der Waals surface area contributed by atoms with Crippen LogP contribution in [-0.2, 0) is 13.6 Å². The lowest BCUT2D eigenvalue weighted by molar-refractivity contribution is 0.0949. The van der Waals surface area contributed by atoms with Crippen LogP contribution in [0.2, 0.25) is 5.02 Å². The van der Waals surface area contributed by atoms with E-state index in [4.69, 9.17) is 21.1 Å². The van der Waals surface area contributed by atoms with E-state index in [-0.39, 0.29) is 5.91 Å². The van der Waals surface area contributed by atoms with Crippen LogP contribution in [0.15, 0.2) is 24.3 Å². The maximum atomic E-state index is 12.4. The van der Waals surface area contributed by atoms with Gasteiger partial charge in [0.15, 0.2) is 11.5 Å². The molecule has 1 N–H and O–H groups in total. The second-order valence-corrected chi connectivity index (χ2v) is 5.95. The van der Waals surface area contributed by atoms with Crippen LogP contribution in [0.1, 0.15) is 35.1 Å². The maximum Gasteiger partial charge on any atom is 0.251 e. The summed E-state index contributed by atoms with van der Waals surface area (Å²) in [6.07, 6.45) is 0.859. The first kappa shape index (κ1) is 18.2. The van der Waals surface area contributed by atoms with Crippen molar-refractivity contribution in [2.75, 3.05) is 13.7 Å². The number of amides is 1. The number of rotatable bonds is 7. The highest BCUT2D eigenvalue weighted by Crippen LogP contribution is 2.36. The van der Waals surface area contributed by atoms with Crippen LogP contribution >= 0.6 is 11.6 Å². The van der Waals surface area contributed by atoms with Crippen LogP contribution in [0, 0.1) is 6.92 Å². The Balaban J connectivity index is 2.14. The number of nitrogens with one attached hydrogen (secondary N) is 1. The number of methoxy groups -OCH3 is 1. The molecule has 0 fully saturated rings. The van der Waals surface area contributed by atoms with Gasteiger partial charge in [0, 0.05) is 24.0 Å². The molecule has 130 valence electrons. The number of ether oxygens (including phenoxy) is 2. The maximum absolute atomic E-state index is 12.4. The molecule has 1 aromatic carbocycles. The summed E-state index contributed by atoms with van der Waals surface area (Å²) in [5.74, 6) is 0.711. The highest BCUT2D eigenvalue weighted by atomic mass is 35.5. The number of hydrogen-bond donors (Lipinski definition) is 1. The third-order valence-electron chi connectivity index (χ3n) is 3.85. The lowest BCUT2D eigenvalue weighted by atomic mass is 10.2. The standard InChI is InChI=1S/C18H23ClN2O3/c1-5-8-24-17-15(19)9-13(10-16(17)23-4)18(22)20-11-14-7-6-12(2)21(14)3/h6-7,9-10H,5,8,11H2,1-4H3,(H,20,22). The van der Waals surface area contributed by atoms with Crippen molar-refractivity contribution in [2.24, 2.45) is 7.05 Å². The Morgan fingerprint density at radius 3 is 2.67 bits per heavy atom. The van der Waals surface area contributed by atoms with Gasteiger partial charge in [-0.1, -0.05) is 18.5 Å². The molecule has 1 amide bonds. The summed E-state index contributed by atoms with van der Waals surface area (Å²) < 4.78 is 12.9. The van der Waals surface area contributed by atoms with Gasteiger partial charge in [0.2, 0.25) is 0 Å². The van der Waals surface area contributed by atoms with E-state index in [1.54, 1.807) is 12.1 Å². The second-order valence-electron chi connectivity index (χ2n) is 5.55. The first-order chi connectivity index (χ1) is 11.5. The normalized spacial score (nSPS) is 10.5. The van der Waals surface area contributed by atoms with Gasteiger partial charge in [0.25, 0.3) is 5.91 Å². The molecule has 0 atom stereocenters. The first-order valence-corrected chi connectivity index (χ1v) is 8.25. The van der Waals surface area contributed by atoms with Crippen molar-refractivity contribution in [3.63, 3.8) is 0 Å². The van der Waals surface area contributed by atoms with Crippen LogP contribution in [0.5, 0.6) is 11.5 Å². The monoisotopic (exact) mass is 350 g/mol. The average Bonchev–Trinajstić information content (AvgIpc) is 2.89. The Bertz CT molecular complexity index is 725. The predicted octanol–water partition coefficient (Wildman–Crippen LogP) is 3.71. The number of halogens is 1. The summed E-state index contributed by atoms with van der Waals surface area (Å²) in [6, 6.07) is 7.25. The molecule has 0 spiro atoms. The fourth-order valence-electron chi connectivity index (χ4n) is 2.31. The summed E-state index contributed by atoms with van der Waals surface area (Å²) in [5.41, 5.74) is 2.61. The van der Waals surface area contributed by atoms with Crippen molar-refractivity contribution in [2.45, 2.75) is 26.8 Å². The summed E-state index contributed by atoms with van der Waals surface area (Å²) in [4.78, 5) is 12.4. The molecular weight excluding hydrogens is 328 g/mol. The van der Waals surface area contributed by atoms with Gasteiger partial charge in [0.05, 0.1) is 25.3 Å².